The molecule has 2 N–H and O–H groups in total. The molecule has 0 saturated carbocycles. The molecule has 0 fully saturated rings. The van der Waals surface area contributed by atoms with Crippen molar-refractivity contribution in [3.63, 3.8) is 0 Å². The SMILES string of the molecule is Cc1ccsc1CNCC(=O)NCCC#N. The average molecular weight is 237 g/mol. The molecule has 1 aromatic heterocycles. The van der Waals surface area contributed by atoms with Crippen molar-refractivity contribution in [3.8, 4) is 6.07 Å². The first-order valence-corrected chi connectivity index (χ1v) is 5.99. The fourth-order valence-corrected chi connectivity index (χ4v) is 2.07. The second-order valence-electron chi connectivity index (χ2n) is 3.39. The normalized spacial score (nSPS) is 9.75. The number of carbonyl (C=O) groups is 1. The Morgan fingerprint density at radius 1 is 1.62 bits per heavy atom. The predicted octanol–water partition coefficient (Wildman–Crippen LogP) is 1.18. The van der Waals surface area contributed by atoms with Gasteiger partial charge in [-0.05, 0) is 23.9 Å². The van der Waals surface area contributed by atoms with Crippen molar-refractivity contribution in [1.82, 2.24) is 10.6 Å². The monoisotopic (exact) mass is 237 g/mol. The van der Waals surface area contributed by atoms with Gasteiger partial charge in [-0.2, -0.15) is 5.26 Å². The molecular weight excluding hydrogens is 222 g/mol. The van der Waals surface area contributed by atoms with Crippen molar-refractivity contribution in [2.75, 3.05) is 13.1 Å². The molecule has 0 unspecified atom stereocenters. The Morgan fingerprint density at radius 2 is 2.44 bits per heavy atom. The highest BCUT2D eigenvalue weighted by atomic mass is 32.1. The van der Waals surface area contributed by atoms with Gasteiger partial charge in [0.15, 0.2) is 0 Å². The van der Waals surface area contributed by atoms with E-state index >= 15 is 0 Å². The summed E-state index contributed by atoms with van der Waals surface area (Å²) in [6.45, 7) is 3.49. The van der Waals surface area contributed by atoms with Crippen LogP contribution in [0.15, 0.2) is 11.4 Å². The van der Waals surface area contributed by atoms with E-state index in [0.29, 0.717) is 19.5 Å². The van der Waals surface area contributed by atoms with Gasteiger partial charge in [-0.25, -0.2) is 0 Å². The Kier molecular flexibility index (Phi) is 5.54. The first-order chi connectivity index (χ1) is 7.74. The highest BCUT2D eigenvalue weighted by Gasteiger charge is 2.02. The Balaban J connectivity index is 2.14. The molecule has 0 saturated heterocycles. The first kappa shape index (κ1) is 12.7. The Morgan fingerprint density at radius 3 is 3.06 bits per heavy atom. The highest BCUT2D eigenvalue weighted by molar-refractivity contribution is 7.10. The van der Waals surface area contributed by atoms with Gasteiger partial charge in [0.2, 0.25) is 5.91 Å². The summed E-state index contributed by atoms with van der Waals surface area (Å²) >= 11 is 1.69. The minimum absolute atomic E-state index is 0.0653. The van der Waals surface area contributed by atoms with Gasteiger partial charge >= 0.3 is 0 Å². The number of hydrogen-bond donors (Lipinski definition) is 2. The largest absolute Gasteiger partial charge is 0.354 e. The van der Waals surface area contributed by atoms with Gasteiger partial charge in [-0.3, -0.25) is 4.79 Å². The van der Waals surface area contributed by atoms with E-state index in [4.69, 9.17) is 5.26 Å². The predicted molar refractivity (Wildman–Crippen MR) is 64.0 cm³/mol. The molecule has 0 aromatic carbocycles. The summed E-state index contributed by atoms with van der Waals surface area (Å²) < 4.78 is 0. The summed E-state index contributed by atoms with van der Waals surface area (Å²) in [6.07, 6.45) is 0.357. The lowest BCUT2D eigenvalue weighted by Crippen LogP contribution is -2.33. The lowest BCUT2D eigenvalue weighted by Gasteiger charge is -2.04. The molecule has 0 aliphatic heterocycles. The van der Waals surface area contributed by atoms with Gasteiger partial charge in [-0.1, -0.05) is 0 Å². The van der Waals surface area contributed by atoms with Gasteiger partial charge in [0.05, 0.1) is 19.0 Å². The maximum atomic E-state index is 11.3. The Labute approximate surface area is 99.3 Å². The second-order valence-corrected chi connectivity index (χ2v) is 4.39. The molecule has 0 spiro atoms. The van der Waals surface area contributed by atoms with Crippen molar-refractivity contribution in [3.05, 3.63) is 21.9 Å². The molecule has 86 valence electrons. The molecule has 1 rings (SSSR count). The third-order valence-electron chi connectivity index (χ3n) is 2.10. The van der Waals surface area contributed by atoms with Crippen LogP contribution < -0.4 is 10.6 Å². The van der Waals surface area contributed by atoms with E-state index in [2.05, 4.69) is 23.6 Å². The lowest BCUT2D eigenvalue weighted by molar-refractivity contribution is -0.120. The van der Waals surface area contributed by atoms with Crippen LogP contribution in [0.5, 0.6) is 0 Å². The van der Waals surface area contributed by atoms with Crippen LogP contribution in [0.4, 0.5) is 0 Å². The molecule has 1 heterocycles. The van der Waals surface area contributed by atoms with Crippen LogP contribution in [-0.2, 0) is 11.3 Å². The second kappa shape index (κ2) is 6.99. The molecule has 1 aromatic rings. The standard InChI is InChI=1S/C11H15N3OS/c1-9-3-6-16-10(9)7-13-8-11(15)14-5-2-4-12/h3,6,13H,2,5,7-8H2,1H3,(H,14,15). The maximum Gasteiger partial charge on any atom is 0.234 e. The number of amides is 1. The number of carbonyl (C=O) groups excluding carboxylic acids is 1. The molecule has 0 radical (unpaired) electrons. The first-order valence-electron chi connectivity index (χ1n) is 5.11. The summed E-state index contributed by atoms with van der Waals surface area (Å²) in [5.74, 6) is -0.0653. The third kappa shape index (κ3) is 4.43. The molecule has 16 heavy (non-hydrogen) atoms. The number of nitrogens with zero attached hydrogens (tertiary/aromatic N) is 1. The smallest absolute Gasteiger partial charge is 0.234 e. The molecule has 0 aliphatic rings. The summed E-state index contributed by atoms with van der Waals surface area (Å²) in [4.78, 5) is 12.5. The average Bonchev–Trinajstić information content (AvgIpc) is 2.65. The molecule has 0 atom stereocenters. The maximum absolute atomic E-state index is 11.3. The van der Waals surface area contributed by atoms with E-state index in [-0.39, 0.29) is 5.91 Å². The number of hydrogen-bond acceptors (Lipinski definition) is 4. The molecule has 5 heteroatoms. The molecule has 1 amide bonds. The zero-order valence-corrected chi connectivity index (χ0v) is 10.1. The van der Waals surface area contributed by atoms with E-state index in [1.165, 1.54) is 10.4 Å². The van der Waals surface area contributed by atoms with Crippen molar-refractivity contribution >= 4 is 17.2 Å². The highest BCUT2D eigenvalue weighted by Crippen LogP contribution is 2.14. The van der Waals surface area contributed by atoms with E-state index in [1.807, 2.05) is 11.4 Å². The van der Waals surface area contributed by atoms with Crippen LogP contribution >= 0.6 is 11.3 Å². The topological polar surface area (TPSA) is 64.9 Å². The minimum atomic E-state index is -0.0653. The molecule has 0 bridgehead atoms. The molecular formula is C11H15N3OS. The fourth-order valence-electron chi connectivity index (χ4n) is 1.20. The summed E-state index contributed by atoms with van der Waals surface area (Å²) in [5, 5.41) is 16.1. The number of nitrogens with one attached hydrogen (secondary N) is 2. The molecule has 4 nitrogen and oxygen atoms in total. The van der Waals surface area contributed by atoms with E-state index < -0.39 is 0 Å². The summed E-state index contributed by atoms with van der Waals surface area (Å²) in [7, 11) is 0. The summed E-state index contributed by atoms with van der Waals surface area (Å²) in [6, 6.07) is 4.04. The van der Waals surface area contributed by atoms with E-state index in [1.54, 1.807) is 11.3 Å². The van der Waals surface area contributed by atoms with E-state index in [9.17, 15) is 4.79 Å². The zero-order chi connectivity index (χ0) is 11.8. The van der Waals surface area contributed by atoms with Crippen LogP contribution in [-0.4, -0.2) is 19.0 Å². The fraction of sp³-hybridized carbons (Fsp3) is 0.455. The molecule has 0 aliphatic carbocycles. The number of aryl methyl sites for hydroxylation is 1. The van der Waals surface area contributed by atoms with Gasteiger partial charge in [0, 0.05) is 18.0 Å². The summed E-state index contributed by atoms with van der Waals surface area (Å²) in [5.41, 5.74) is 1.25. The van der Waals surface area contributed by atoms with Crippen molar-refractivity contribution in [2.45, 2.75) is 19.9 Å². The van der Waals surface area contributed by atoms with Gasteiger partial charge < -0.3 is 10.6 Å². The minimum Gasteiger partial charge on any atom is -0.354 e. The Hall–Kier alpha value is -1.38. The van der Waals surface area contributed by atoms with Crippen LogP contribution in [0.25, 0.3) is 0 Å². The van der Waals surface area contributed by atoms with Gasteiger partial charge in [-0.15, -0.1) is 11.3 Å². The van der Waals surface area contributed by atoms with Crippen LogP contribution in [0.2, 0.25) is 0 Å². The van der Waals surface area contributed by atoms with Crippen LogP contribution in [0.1, 0.15) is 16.9 Å². The van der Waals surface area contributed by atoms with Crippen LogP contribution in [0, 0.1) is 18.3 Å². The number of rotatable bonds is 6. The van der Waals surface area contributed by atoms with Gasteiger partial charge in [0.25, 0.3) is 0 Å². The quantitative estimate of drug-likeness (QED) is 0.730. The van der Waals surface area contributed by atoms with Crippen LogP contribution in [0.3, 0.4) is 0 Å². The van der Waals surface area contributed by atoms with Crippen molar-refractivity contribution in [1.29, 1.82) is 5.26 Å². The van der Waals surface area contributed by atoms with Crippen molar-refractivity contribution < 1.29 is 4.79 Å². The van der Waals surface area contributed by atoms with Gasteiger partial charge in [0.1, 0.15) is 0 Å². The Bertz CT molecular complexity index is 381. The zero-order valence-electron chi connectivity index (χ0n) is 9.25. The number of thiophene rings is 1. The number of nitriles is 1. The lowest BCUT2D eigenvalue weighted by atomic mass is 10.3. The van der Waals surface area contributed by atoms with Crippen molar-refractivity contribution in [2.24, 2.45) is 0 Å². The van der Waals surface area contributed by atoms with E-state index in [0.717, 1.165) is 6.54 Å². The third-order valence-corrected chi connectivity index (χ3v) is 3.12.